The predicted octanol–water partition coefficient (Wildman–Crippen LogP) is 2.51. The fourth-order valence-electron chi connectivity index (χ4n) is 3.11. The summed E-state index contributed by atoms with van der Waals surface area (Å²) in [4.78, 5) is 6.90. The van der Waals surface area contributed by atoms with Crippen LogP contribution >= 0.6 is 0 Å². The highest BCUT2D eigenvalue weighted by Crippen LogP contribution is 2.32. The van der Waals surface area contributed by atoms with Crippen molar-refractivity contribution >= 4 is 5.96 Å². The Balaban J connectivity index is 2.12. The summed E-state index contributed by atoms with van der Waals surface area (Å²) in [5.41, 5.74) is 6.27. The van der Waals surface area contributed by atoms with E-state index in [1.165, 1.54) is 38.5 Å². The molecule has 2 rings (SSSR count). The SMILES string of the molecule is CCC1(C)CN=C(N)N1C1CCCCCC1. The molecule has 0 saturated heterocycles. The highest BCUT2D eigenvalue weighted by atomic mass is 15.4. The molecule has 0 aromatic carbocycles. The predicted molar refractivity (Wildman–Crippen MR) is 68.5 cm³/mol. The fraction of sp³-hybridized carbons (Fsp3) is 0.923. The second kappa shape index (κ2) is 4.64. The zero-order valence-corrected chi connectivity index (χ0v) is 10.7. The summed E-state index contributed by atoms with van der Waals surface area (Å²) in [5.74, 6) is 0.788. The molecule has 1 fully saturated rings. The van der Waals surface area contributed by atoms with E-state index in [2.05, 4.69) is 23.7 Å². The van der Waals surface area contributed by atoms with Crippen LogP contribution in [0.25, 0.3) is 0 Å². The molecule has 0 bridgehead atoms. The van der Waals surface area contributed by atoms with Crippen molar-refractivity contribution in [2.24, 2.45) is 10.7 Å². The zero-order valence-electron chi connectivity index (χ0n) is 10.7. The van der Waals surface area contributed by atoms with Crippen LogP contribution in [-0.2, 0) is 0 Å². The minimum absolute atomic E-state index is 0.180. The Bertz CT molecular complexity index is 266. The van der Waals surface area contributed by atoms with Gasteiger partial charge < -0.3 is 10.6 Å². The van der Waals surface area contributed by atoms with Gasteiger partial charge in [0.15, 0.2) is 5.96 Å². The largest absolute Gasteiger partial charge is 0.370 e. The molecule has 1 aliphatic heterocycles. The molecule has 3 heteroatoms. The molecule has 92 valence electrons. The highest BCUT2D eigenvalue weighted by molar-refractivity contribution is 5.81. The van der Waals surface area contributed by atoms with Crippen LogP contribution < -0.4 is 5.73 Å². The maximum atomic E-state index is 6.09. The molecule has 0 aromatic heterocycles. The first-order valence-corrected chi connectivity index (χ1v) is 6.76. The maximum Gasteiger partial charge on any atom is 0.192 e. The highest BCUT2D eigenvalue weighted by Gasteiger charge is 2.40. The van der Waals surface area contributed by atoms with Crippen molar-refractivity contribution in [3.05, 3.63) is 0 Å². The molecule has 1 heterocycles. The number of nitrogens with two attached hydrogens (primary N) is 1. The van der Waals surface area contributed by atoms with Gasteiger partial charge in [-0.05, 0) is 26.2 Å². The standard InChI is InChI=1S/C13H25N3/c1-3-13(2)10-15-12(14)16(13)11-8-6-4-5-7-9-11/h11H,3-10H2,1-2H3,(H2,14,15). The molecule has 1 unspecified atom stereocenters. The van der Waals surface area contributed by atoms with Crippen LogP contribution in [-0.4, -0.2) is 29.0 Å². The second-order valence-corrected chi connectivity index (χ2v) is 5.54. The Kier molecular flexibility index (Phi) is 3.41. The van der Waals surface area contributed by atoms with Gasteiger partial charge in [0, 0.05) is 6.04 Å². The van der Waals surface area contributed by atoms with Crippen LogP contribution in [0.2, 0.25) is 0 Å². The van der Waals surface area contributed by atoms with E-state index in [0.29, 0.717) is 6.04 Å². The Morgan fingerprint density at radius 2 is 1.94 bits per heavy atom. The number of aliphatic imine (C=N–C) groups is 1. The van der Waals surface area contributed by atoms with Crippen LogP contribution in [0.4, 0.5) is 0 Å². The van der Waals surface area contributed by atoms with Crippen molar-refractivity contribution in [1.29, 1.82) is 0 Å². The molecule has 1 atom stereocenters. The third kappa shape index (κ3) is 2.04. The Labute approximate surface area is 99.1 Å². The van der Waals surface area contributed by atoms with Gasteiger partial charge in [0.25, 0.3) is 0 Å². The van der Waals surface area contributed by atoms with Gasteiger partial charge in [0.1, 0.15) is 0 Å². The van der Waals surface area contributed by atoms with Crippen molar-refractivity contribution in [2.75, 3.05) is 6.54 Å². The van der Waals surface area contributed by atoms with Gasteiger partial charge in [-0.25, -0.2) is 0 Å². The van der Waals surface area contributed by atoms with Crippen LogP contribution in [0, 0.1) is 0 Å². The molecule has 1 saturated carbocycles. The number of guanidine groups is 1. The van der Waals surface area contributed by atoms with E-state index in [1.807, 2.05) is 0 Å². The minimum atomic E-state index is 0.180. The van der Waals surface area contributed by atoms with E-state index in [-0.39, 0.29) is 5.54 Å². The Morgan fingerprint density at radius 3 is 2.50 bits per heavy atom. The van der Waals surface area contributed by atoms with E-state index in [0.717, 1.165) is 18.9 Å². The lowest BCUT2D eigenvalue weighted by atomic mass is 9.94. The fourth-order valence-corrected chi connectivity index (χ4v) is 3.11. The summed E-state index contributed by atoms with van der Waals surface area (Å²) in [6.45, 7) is 5.44. The van der Waals surface area contributed by atoms with E-state index in [1.54, 1.807) is 0 Å². The first-order valence-electron chi connectivity index (χ1n) is 6.76. The second-order valence-electron chi connectivity index (χ2n) is 5.54. The lowest BCUT2D eigenvalue weighted by Gasteiger charge is -2.41. The minimum Gasteiger partial charge on any atom is -0.370 e. The monoisotopic (exact) mass is 223 g/mol. The molecule has 1 aliphatic carbocycles. The van der Waals surface area contributed by atoms with Crippen LogP contribution in [0.15, 0.2) is 4.99 Å². The Morgan fingerprint density at radius 1 is 1.31 bits per heavy atom. The summed E-state index contributed by atoms with van der Waals surface area (Å²) >= 11 is 0. The molecule has 0 aromatic rings. The number of hydrogen-bond acceptors (Lipinski definition) is 3. The summed E-state index contributed by atoms with van der Waals surface area (Å²) in [6, 6.07) is 0.638. The Hall–Kier alpha value is -0.730. The van der Waals surface area contributed by atoms with Gasteiger partial charge in [-0.1, -0.05) is 32.6 Å². The smallest absolute Gasteiger partial charge is 0.192 e. The summed E-state index contributed by atoms with van der Waals surface area (Å²) < 4.78 is 0. The van der Waals surface area contributed by atoms with Gasteiger partial charge >= 0.3 is 0 Å². The molecule has 0 spiro atoms. The summed E-state index contributed by atoms with van der Waals surface area (Å²) in [5, 5.41) is 0. The first-order chi connectivity index (χ1) is 7.67. The van der Waals surface area contributed by atoms with Gasteiger partial charge in [-0.2, -0.15) is 0 Å². The number of nitrogens with zero attached hydrogens (tertiary/aromatic N) is 2. The molecule has 2 aliphatic rings. The van der Waals surface area contributed by atoms with E-state index in [4.69, 9.17) is 5.73 Å². The van der Waals surface area contributed by atoms with Crippen LogP contribution in [0.3, 0.4) is 0 Å². The van der Waals surface area contributed by atoms with Crippen LogP contribution in [0.5, 0.6) is 0 Å². The van der Waals surface area contributed by atoms with Crippen molar-refractivity contribution < 1.29 is 0 Å². The topological polar surface area (TPSA) is 41.6 Å². The van der Waals surface area contributed by atoms with E-state index >= 15 is 0 Å². The van der Waals surface area contributed by atoms with Crippen molar-refractivity contribution in [2.45, 2.75) is 70.4 Å². The third-order valence-corrected chi connectivity index (χ3v) is 4.36. The lowest BCUT2D eigenvalue weighted by molar-refractivity contribution is 0.147. The van der Waals surface area contributed by atoms with Crippen molar-refractivity contribution in [3.63, 3.8) is 0 Å². The van der Waals surface area contributed by atoms with E-state index in [9.17, 15) is 0 Å². The molecule has 0 amide bonds. The average Bonchev–Trinajstić information content (AvgIpc) is 2.50. The normalized spacial score (nSPS) is 32.6. The first kappa shape index (κ1) is 11.7. The molecular formula is C13H25N3. The van der Waals surface area contributed by atoms with Gasteiger partial charge in [0.2, 0.25) is 0 Å². The quantitative estimate of drug-likeness (QED) is 0.731. The van der Waals surface area contributed by atoms with Crippen molar-refractivity contribution in [3.8, 4) is 0 Å². The van der Waals surface area contributed by atoms with Gasteiger partial charge in [-0.3, -0.25) is 4.99 Å². The van der Waals surface area contributed by atoms with Gasteiger partial charge in [0.05, 0.1) is 12.1 Å². The van der Waals surface area contributed by atoms with Gasteiger partial charge in [-0.15, -0.1) is 0 Å². The molecule has 3 nitrogen and oxygen atoms in total. The number of rotatable bonds is 2. The average molecular weight is 223 g/mol. The third-order valence-electron chi connectivity index (χ3n) is 4.36. The summed E-state index contributed by atoms with van der Waals surface area (Å²) in [6.07, 6.45) is 9.22. The maximum absolute atomic E-state index is 6.09. The molecule has 0 radical (unpaired) electrons. The zero-order chi connectivity index (χ0) is 11.6. The number of hydrogen-bond donors (Lipinski definition) is 1. The molecular weight excluding hydrogens is 198 g/mol. The summed E-state index contributed by atoms with van der Waals surface area (Å²) in [7, 11) is 0. The lowest BCUT2D eigenvalue weighted by Crippen LogP contribution is -2.54. The van der Waals surface area contributed by atoms with Crippen LogP contribution in [0.1, 0.15) is 58.8 Å². The molecule has 16 heavy (non-hydrogen) atoms. The molecule has 2 N–H and O–H groups in total. The van der Waals surface area contributed by atoms with Crippen molar-refractivity contribution in [1.82, 2.24) is 4.90 Å². The van der Waals surface area contributed by atoms with E-state index < -0.39 is 0 Å².